The summed E-state index contributed by atoms with van der Waals surface area (Å²) >= 11 is 6.14. The number of carboxylic acid groups (broad SMARTS) is 1. The van der Waals surface area contributed by atoms with Gasteiger partial charge >= 0.3 is 5.97 Å². The Kier molecular flexibility index (Phi) is 5.57. The summed E-state index contributed by atoms with van der Waals surface area (Å²) in [5.74, 6) is -0.912. The van der Waals surface area contributed by atoms with Crippen LogP contribution in [-0.4, -0.2) is 47.2 Å². The Hall–Kier alpha value is -2.28. The van der Waals surface area contributed by atoms with Gasteiger partial charge in [-0.25, -0.2) is 9.18 Å². The highest BCUT2D eigenvalue weighted by molar-refractivity contribution is 6.33. The molecule has 1 amide bonds. The molecular weight excluding hydrogens is 353 g/mol. The van der Waals surface area contributed by atoms with Crippen molar-refractivity contribution in [1.82, 2.24) is 4.90 Å². The van der Waals surface area contributed by atoms with Gasteiger partial charge in [-0.2, -0.15) is 0 Å². The van der Waals surface area contributed by atoms with Gasteiger partial charge in [0.2, 0.25) is 0 Å². The SMILES string of the molecule is COc1cccc(OC2=CC(=O)N(C(CC(C)(C)F)C(=O)O)C2)c1Cl. The molecule has 1 heterocycles. The Morgan fingerprint density at radius 2 is 2.08 bits per heavy atom. The standard InChI is InChI=1S/C17H19ClFNO5/c1-17(2,19)8-11(16(22)23)20-9-10(7-14(20)21)25-13-6-4-5-12(24-3)15(13)18/h4-7,11H,8-9H2,1-3H3,(H,22,23). The van der Waals surface area contributed by atoms with E-state index < -0.39 is 23.6 Å². The van der Waals surface area contributed by atoms with E-state index in [-0.39, 0.29) is 29.5 Å². The molecule has 8 heteroatoms. The van der Waals surface area contributed by atoms with E-state index in [4.69, 9.17) is 21.1 Å². The van der Waals surface area contributed by atoms with Gasteiger partial charge in [0.05, 0.1) is 13.7 Å². The van der Waals surface area contributed by atoms with E-state index in [2.05, 4.69) is 0 Å². The van der Waals surface area contributed by atoms with Gasteiger partial charge in [0.1, 0.15) is 34.0 Å². The number of hydrogen-bond donors (Lipinski definition) is 1. The molecule has 0 saturated heterocycles. The Morgan fingerprint density at radius 3 is 2.64 bits per heavy atom. The first kappa shape index (κ1) is 19.1. The van der Waals surface area contributed by atoms with Crippen LogP contribution in [0, 0.1) is 0 Å². The lowest BCUT2D eigenvalue weighted by Gasteiger charge is -2.28. The van der Waals surface area contributed by atoms with Crippen LogP contribution < -0.4 is 9.47 Å². The third-order valence-corrected chi connectivity index (χ3v) is 4.00. The van der Waals surface area contributed by atoms with Crippen LogP contribution in [0.2, 0.25) is 5.02 Å². The number of halogens is 2. The van der Waals surface area contributed by atoms with E-state index >= 15 is 0 Å². The van der Waals surface area contributed by atoms with Crippen molar-refractivity contribution in [3.63, 3.8) is 0 Å². The first-order chi connectivity index (χ1) is 11.6. The number of methoxy groups -OCH3 is 1. The molecular formula is C17H19ClFNO5. The normalized spacial score (nSPS) is 15.8. The number of ether oxygens (including phenoxy) is 2. The zero-order valence-electron chi connectivity index (χ0n) is 14.1. The second-order valence-electron chi connectivity index (χ2n) is 6.23. The van der Waals surface area contributed by atoms with Crippen molar-refractivity contribution in [3.8, 4) is 11.5 Å². The predicted molar refractivity (Wildman–Crippen MR) is 89.7 cm³/mol. The molecule has 1 atom stereocenters. The summed E-state index contributed by atoms with van der Waals surface area (Å²) in [6.45, 7) is 2.45. The average Bonchev–Trinajstić information content (AvgIpc) is 2.86. The van der Waals surface area contributed by atoms with Crippen molar-refractivity contribution in [2.24, 2.45) is 0 Å². The smallest absolute Gasteiger partial charge is 0.326 e. The van der Waals surface area contributed by atoms with E-state index in [0.717, 1.165) is 4.90 Å². The largest absolute Gasteiger partial charge is 0.495 e. The fourth-order valence-corrected chi connectivity index (χ4v) is 2.74. The van der Waals surface area contributed by atoms with Gasteiger partial charge in [0.15, 0.2) is 0 Å². The number of rotatable bonds is 7. The van der Waals surface area contributed by atoms with Crippen molar-refractivity contribution >= 4 is 23.5 Å². The minimum Gasteiger partial charge on any atom is -0.495 e. The Balaban J connectivity index is 2.16. The highest BCUT2D eigenvalue weighted by atomic mass is 35.5. The molecule has 0 spiro atoms. The molecule has 1 aromatic carbocycles. The van der Waals surface area contributed by atoms with Gasteiger partial charge in [0, 0.05) is 12.5 Å². The average molecular weight is 372 g/mol. The predicted octanol–water partition coefficient (Wildman–Crippen LogP) is 3.04. The van der Waals surface area contributed by atoms with Gasteiger partial charge in [-0.15, -0.1) is 0 Å². The number of aliphatic carboxylic acids is 1. The minimum atomic E-state index is -1.73. The molecule has 25 heavy (non-hydrogen) atoms. The third kappa shape index (κ3) is 4.63. The number of carbonyl (C=O) groups is 2. The number of carboxylic acids is 1. The summed E-state index contributed by atoms with van der Waals surface area (Å²) in [6, 6.07) is 3.63. The van der Waals surface area contributed by atoms with E-state index in [9.17, 15) is 19.1 Å². The van der Waals surface area contributed by atoms with Gasteiger partial charge in [-0.3, -0.25) is 4.79 Å². The molecule has 0 aromatic heterocycles. The molecule has 0 bridgehead atoms. The van der Waals surface area contributed by atoms with Crippen molar-refractivity contribution in [2.45, 2.75) is 32.0 Å². The molecule has 0 aliphatic carbocycles. The molecule has 1 N–H and O–H groups in total. The summed E-state index contributed by atoms with van der Waals surface area (Å²) in [6.07, 6.45) is 0.853. The molecule has 1 unspecified atom stereocenters. The summed E-state index contributed by atoms with van der Waals surface area (Å²) in [4.78, 5) is 24.7. The Morgan fingerprint density at radius 1 is 1.44 bits per heavy atom. The highest BCUT2D eigenvalue weighted by Gasteiger charge is 2.38. The number of amides is 1. The van der Waals surface area contributed by atoms with E-state index in [1.807, 2.05) is 0 Å². The number of benzene rings is 1. The second kappa shape index (κ2) is 7.31. The van der Waals surface area contributed by atoms with Crippen LogP contribution in [0.1, 0.15) is 20.3 Å². The summed E-state index contributed by atoms with van der Waals surface area (Å²) in [5.41, 5.74) is -1.73. The first-order valence-electron chi connectivity index (χ1n) is 7.55. The molecule has 1 aliphatic rings. The zero-order chi connectivity index (χ0) is 18.8. The Bertz CT molecular complexity index is 713. The summed E-state index contributed by atoms with van der Waals surface area (Å²) in [5, 5.41) is 9.57. The van der Waals surface area contributed by atoms with E-state index in [1.165, 1.54) is 27.0 Å². The maximum Gasteiger partial charge on any atom is 0.326 e. The monoisotopic (exact) mass is 371 g/mol. The molecule has 0 radical (unpaired) electrons. The van der Waals surface area contributed by atoms with E-state index in [0.29, 0.717) is 5.75 Å². The van der Waals surface area contributed by atoms with Crippen LogP contribution in [-0.2, 0) is 9.59 Å². The number of carbonyl (C=O) groups excluding carboxylic acids is 1. The van der Waals surface area contributed by atoms with Crippen LogP contribution in [0.3, 0.4) is 0 Å². The summed E-state index contributed by atoms with van der Waals surface area (Å²) in [7, 11) is 1.46. The molecule has 2 rings (SSSR count). The van der Waals surface area contributed by atoms with Crippen molar-refractivity contribution < 1.29 is 28.6 Å². The maximum absolute atomic E-state index is 13.9. The lowest BCUT2D eigenvalue weighted by molar-refractivity contribution is -0.149. The van der Waals surface area contributed by atoms with Gasteiger partial charge < -0.3 is 19.5 Å². The van der Waals surface area contributed by atoms with Crippen LogP contribution >= 0.6 is 11.6 Å². The quantitative estimate of drug-likeness (QED) is 0.797. The van der Waals surface area contributed by atoms with Crippen molar-refractivity contribution in [1.29, 1.82) is 0 Å². The molecule has 136 valence electrons. The third-order valence-electron chi connectivity index (χ3n) is 3.62. The van der Waals surface area contributed by atoms with Crippen LogP contribution in [0.4, 0.5) is 4.39 Å². The van der Waals surface area contributed by atoms with Gasteiger partial charge in [-0.05, 0) is 26.0 Å². The Labute approximate surface area is 149 Å². The van der Waals surface area contributed by atoms with Crippen molar-refractivity contribution in [2.75, 3.05) is 13.7 Å². The minimum absolute atomic E-state index is 0.0839. The number of alkyl halides is 1. The van der Waals surface area contributed by atoms with Gasteiger partial charge in [-0.1, -0.05) is 17.7 Å². The number of hydrogen-bond acceptors (Lipinski definition) is 4. The highest BCUT2D eigenvalue weighted by Crippen LogP contribution is 2.35. The van der Waals surface area contributed by atoms with Crippen LogP contribution in [0.25, 0.3) is 0 Å². The first-order valence-corrected chi connectivity index (χ1v) is 7.93. The van der Waals surface area contributed by atoms with Gasteiger partial charge in [0.25, 0.3) is 5.91 Å². The van der Waals surface area contributed by atoms with Crippen LogP contribution in [0.15, 0.2) is 30.0 Å². The lowest BCUT2D eigenvalue weighted by Crippen LogP contribution is -2.45. The summed E-state index contributed by atoms with van der Waals surface area (Å²) < 4.78 is 24.6. The lowest BCUT2D eigenvalue weighted by atomic mass is 10.00. The van der Waals surface area contributed by atoms with Crippen molar-refractivity contribution in [3.05, 3.63) is 35.1 Å². The fourth-order valence-electron chi connectivity index (χ4n) is 2.50. The van der Waals surface area contributed by atoms with E-state index in [1.54, 1.807) is 18.2 Å². The molecule has 1 aliphatic heterocycles. The second-order valence-corrected chi connectivity index (χ2v) is 6.61. The number of nitrogens with zero attached hydrogens (tertiary/aromatic N) is 1. The zero-order valence-corrected chi connectivity index (χ0v) is 14.8. The van der Waals surface area contributed by atoms with Crippen LogP contribution in [0.5, 0.6) is 11.5 Å². The molecule has 6 nitrogen and oxygen atoms in total. The topological polar surface area (TPSA) is 76.1 Å². The molecule has 1 aromatic rings. The molecule has 0 fully saturated rings. The molecule has 0 saturated carbocycles. The fraction of sp³-hybridized carbons (Fsp3) is 0.412. The maximum atomic E-state index is 13.9.